The number of halogens is 1. The third-order valence-corrected chi connectivity index (χ3v) is 0.835. The number of hydrogen-bond donors (Lipinski definition) is 0. The van der Waals surface area contributed by atoms with E-state index in [0.29, 0.717) is 0 Å². The molecule has 0 aromatic rings. The van der Waals surface area contributed by atoms with Crippen LogP contribution in [0.5, 0.6) is 0 Å². The lowest BCUT2D eigenvalue weighted by Gasteiger charge is -2.03. The Morgan fingerprint density at radius 2 is 1.86 bits per heavy atom. The van der Waals surface area contributed by atoms with E-state index in [0.717, 1.165) is 0 Å². The molecule has 0 saturated carbocycles. The summed E-state index contributed by atoms with van der Waals surface area (Å²) in [7, 11) is 6.83. The summed E-state index contributed by atoms with van der Waals surface area (Å²) in [4.78, 5) is 2.16. The van der Waals surface area contributed by atoms with Crippen LogP contribution in [0.2, 0.25) is 0 Å². The van der Waals surface area contributed by atoms with Gasteiger partial charge in [0.2, 0.25) is 0 Å². The normalized spacial score (nSPS) is 8.57. The third-order valence-electron chi connectivity index (χ3n) is 0.576. The highest BCUT2D eigenvalue weighted by Crippen LogP contribution is 1.79. The van der Waals surface area contributed by atoms with Gasteiger partial charge in [-0.25, -0.2) is 0 Å². The van der Waals surface area contributed by atoms with Crippen molar-refractivity contribution in [3.8, 4) is 0 Å². The van der Waals surface area contributed by atoms with Crippen LogP contribution in [0.4, 0.5) is 0 Å². The van der Waals surface area contributed by atoms with Crippen molar-refractivity contribution in [1.29, 1.82) is 0 Å². The van der Waals surface area contributed by atoms with Gasteiger partial charge in [0.25, 0.3) is 0 Å². The van der Waals surface area contributed by atoms with Crippen LogP contribution in [0, 0.1) is 0 Å². The van der Waals surface area contributed by atoms with E-state index in [2.05, 4.69) is 28.2 Å². The molecule has 0 aliphatic rings. The van der Waals surface area contributed by atoms with Crippen LogP contribution in [0.1, 0.15) is 0 Å². The van der Waals surface area contributed by atoms with Gasteiger partial charge in [-0.15, -0.1) is 21.6 Å². The van der Waals surface area contributed by atoms with E-state index in [4.69, 9.17) is 0 Å². The van der Waals surface area contributed by atoms with Crippen LogP contribution >= 0.6 is 21.6 Å². The molecule has 0 fully saturated rings. The molecule has 0 N–H and O–H groups in total. The monoisotopic (exact) mass is 141 g/mol. The van der Waals surface area contributed by atoms with Crippen molar-refractivity contribution in [1.82, 2.24) is 4.90 Å². The van der Waals surface area contributed by atoms with E-state index >= 15 is 0 Å². The molecule has 46 valence electrons. The fourth-order valence-electron chi connectivity index (χ4n) is 0.258. The Labute approximate surface area is 54.1 Å². The first-order valence-corrected chi connectivity index (χ1v) is 2.94. The smallest absolute Gasteiger partial charge is 0.000983 e. The Kier molecular flexibility index (Phi) is 10.1. The molecular weight excluding hydrogens is 128 g/mol. The fraction of sp³-hybridized carbons (Fsp3) is 1.00. The Hall–Kier alpha value is 0.680. The van der Waals surface area contributed by atoms with Crippen molar-refractivity contribution < 1.29 is 0 Å². The molecule has 0 aromatic heterocycles. The van der Waals surface area contributed by atoms with Gasteiger partial charge in [0.1, 0.15) is 0 Å². The minimum absolute atomic E-state index is 0. The van der Waals surface area contributed by atoms with Crippen LogP contribution in [0.3, 0.4) is 0 Å². The van der Waals surface area contributed by atoms with Gasteiger partial charge in [-0.1, -0.05) is 0 Å². The lowest BCUT2D eigenvalue weighted by molar-refractivity contribution is 0.437. The van der Waals surface area contributed by atoms with Gasteiger partial charge in [-0.2, -0.15) is 0 Å². The molecule has 0 aliphatic heterocycles. The van der Waals surface area contributed by atoms with E-state index in [1.54, 1.807) is 0 Å². The SMILES string of the molecule is CN(C)CCP.Cl. The molecule has 1 atom stereocenters. The number of hydrogen-bond acceptors (Lipinski definition) is 1. The zero-order valence-electron chi connectivity index (χ0n) is 4.85. The van der Waals surface area contributed by atoms with Gasteiger partial charge in [0, 0.05) is 6.54 Å². The molecule has 0 radical (unpaired) electrons. The fourth-order valence-corrected chi connectivity index (χ4v) is 0.775. The van der Waals surface area contributed by atoms with E-state index in [-0.39, 0.29) is 12.4 Å². The summed E-state index contributed by atoms with van der Waals surface area (Å²) in [5.74, 6) is 0. The van der Waals surface area contributed by atoms with Crippen LogP contribution in [-0.2, 0) is 0 Å². The molecule has 0 saturated heterocycles. The average molecular weight is 142 g/mol. The van der Waals surface area contributed by atoms with Crippen molar-refractivity contribution >= 4 is 21.6 Å². The summed E-state index contributed by atoms with van der Waals surface area (Å²) in [5.41, 5.74) is 0. The first-order valence-electron chi connectivity index (χ1n) is 2.12. The van der Waals surface area contributed by atoms with Gasteiger partial charge < -0.3 is 4.90 Å². The molecule has 0 aromatic carbocycles. The maximum Gasteiger partial charge on any atom is 0.000983 e. The Morgan fingerprint density at radius 1 is 1.43 bits per heavy atom. The predicted octanol–water partition coefficient (Wildman–Crippen LogP) is 0.845. The first-order chi connectivity index (χ1) is 2.77. The van der Waals surface area contributed by atoms with Gasteiger partial charge in [-0.3, -0.25) is 0 Å². The molecule has 0 aliphatic carbocycles. The van der Waals surface area contributed by atoms with Crippen molar-refractivity contribution in [2.45, 2.75) is 0 Å². The summed E-state index contributed by atoms with van der Waals surface area (Å²) in [6.07, 6.45) is 1.17. The second kappa shape index (κ2) is 6.68. The van der Waals surface area contributed by atoms with Crippen LogP contribution < -0.4 is 0 Å². The molecule has 0 spiro atoms. The summed E-state index contributed by atoms with van der Waals surface area (Å²) in [6, 6.07) is 0. The molecule has 7 heavy (non-hydrogen) atoms. The Balaban J connectivity index is 0. The first kappa shape index (κ1) is 10.6. The summed E-state index contributed by atoms with van der Waals surface area (Å²) < 4.78 is 0. The second-order valence-electron chi connectivity index (χ2n) is 1.59. The minimum atomic E-state index is 0. The topological polar surface area (TPSA) is 3.24 Å². The summed E-state index contributed by atoms with van der Waals surface area (Å²) in [5, 5.41) is 0. The van der Waals surface area contributed by atoms with Crippen molar-refractivity contribution in [3.05, 3.63) is 0 Å². The maximum absolute atomic E-state index is 2.68. The maximum atomic E-state index is 2.68. The highest BCUT2D eigenvalue weighted by Gasteiger charge is 1.79. The quantitative estimate of drug-likeness (QED) is 0.516. The molecular formula is C4H13ClNP. The highest BCUT2D eigenvalue weighted by molar-refractivity contribution is 7.16. The molecule has 0 heterocycles. The van der Waals surface area contributed by atoms with E-state index in [1.807, 2.05) is 0 Å². The molecule has 1 unspecified atom stereocenters. The predicted molar refractivity (Wildman–Crippen MR) is 40.4 cm³/mol. The van der Waals surface area contributed by atoms with E-state index in [1.165, 1.54) is 12.7 Å². The Morgan fingerprint density at radius 3 is 1.86 bits per heavy atom. The summed E-state index contributed by atoms with van der Waals surface area (Å²) >= 11 is 0. The van der Waals surface area contributed by atoms with Gasteiger partial charge in [-0.05, 0) is 20.3 Å². The molecule has 3 heteroatoms. The number of rotatable bonds is 2. The van der Waals surface area contributed by atoms with Crippen molar-refractivity contribution in [3.63, 3.8) is 0 Å². The second-order valence-corrected chi connectivity index (χ2v) is 2.17. The van der Waals surface area contributed by atoms with Gasteiger partial charge in [0.05, 0.1) is 0 Å². The minimum Gasteiger partial charge on any atom is -0.309 e. The summed E-state index contributed by atoms with van der Waals surface area (Å²) in [6.45, 7) is 1.17. The third kappa shape index (κ3) is 10.8. The molecule has 0 amide bonds. The van der Waals surface area contributed by atoms with Crippen molar-refractivity contribution in [2.75, 3.05) is 26.8 Å². The zero-order chi connectivity index (χ0) is 4.99. The zero-order valence-corrected chi connectivity index (χ0v) is 6.82. The Bertz CT molecular complexity index is 32.9. The standard InChI is InChI=1S/C4H12NP.ClH/c1-5(2)3-4-6;/h3-4,6H2,1-2H3;1H. The molecule has 1 nitrogen and oxygen atoms in total. The average Bonchev–Trinajstić information content (AvgIpc) is 1.35. The van der Waals surface area contributed by atoms with Crippen LogP contribution in [-0.4, -0.2) is 31.7 Å². The van der Waals surface area contributed by atoms with E-state index in [9.17, 15) is 0 Å². The highest BCUT2D eigenvalue weighted by atomic mass is 35.5. The van der Waals surface area contributed by atoms with Gasteiger partial charge >= 0.3 is 0 Å². The lowest BCUT2D eigenvalue weighted by atomic mass is 10.7. The largest absolute Gasteiger partial charge is 0.309 e. The van der Waals surface area contributed by atoms with E-state index < -0.39 is 0 Å². The molecule has 0 rings (SSSR count). The van der Waals surface area contributed by atoms with Crippen molar-refractivity contribution in [2.24, 2.45) is 0 Å². The van der Waals surface area contributed by atoms with Gasteiger partial charge in [0.15, 0.2) is 0 Å². The number of nitrogens with zero attached hydrogens (tertiary/aromatic N) is 1. The molecule has 0 bridgehead atoms. The van der Waals surface area contributed by atoms with Crippen LogP contribution in [0.15, 0.2) is 0 Å². The lowest BCUT2D eigenvalue weighted by Crippen LogP contribution is -2.13. The van der Waals surface area contributed by atoms with Crippen LogP contribution in [0.25, 0.3) is 0 Å².